The van der Waals surface area contributed by atoms with Crippen LogP contribution in [-0.2, 0) is 20.9 Å². The van der Waals surface area contributed by atoms with Crippen LogP contribution in [-0.4, -0.2) is 19.7 Å². The van der Waals surface area contributed by atoms with Gasteiger partial charge in [-0.2, -0.15) is 8.42 Å². The molecule has 0 radical (unpaired) electrons. The number of halogens is 2. The number of pyridine rings is 1. The second kappa shape index (κ2) is 4.44. The third kappa shape index (κ3) is 4.23. The zero-order valence-corrected chi connectivity index (χ0v) is 9.53. The molecule has 0 aromatic carbocycles. The van der Waals surface area contributed by atoms with Crippen LogP contribution in [0.4, 0.5) is 0 Å². The highest BCUT2D eigenvalue weighted by Gasteiger charge is 2.04. The van der Waals surface area contributed by atoms with Crippen LogP contribution >= 0.6 is 23.2 Å². The molecule has 0 atom stereocenters. The second-order valence-corrected chi connectivity index (χ2v) is 5.01. The van der Waals surface area contributed by atoms with Crippen molar-refractivity contribution in [1.29, 1.82) is 0 Å². The molecule has 78 valence electrons. The van der Waals surface area contributed by atoms with Gasteiger partial charge >= 0.3 is 0 Å². The number of rotatable bonds is 3. The van der Waals surface area contributed by atoms with Crippen LogP contribution < -0.4 is 0 Å². The molecule has 0 aliphatic heterocycles. The standard InChI is InChI=1S/C7H7Cl2NO3S/c1-14(11,12)13-4-5-2-6(8)10-7(9)3-5/h2-3H,4H2,1H3. The molecular weight excluding hydrogens is 249 g/mol. The maximum absolute atomic E-state index is 10.7. The summed E-state index contributed by atoms with van der Waals surface area (Å²) in [5.41, 5.74) is 0.556. The van der Waals surface area contributed by atoms with Crippen LogP contribution in [0.15, 0.2) is 12.1 Å². The average molecular weight is 256 g/mol. The van der Waals surface area contributed by atoms with Crippen LogP contribution in [0.3, 0.4) is 0 Å². The van der Waals surface area contributed by atoms with Crippen LogP contribution in [0.1, 0.15) is 5.56 Å². The maximum Gasteiger partial charge on any atom is 0.264 e. The molecule has 0 unspecified atom stereocenters. The fourth-order valence-corrected chi connectivity index (χ4v) is 1.63. The van der Waals surface area contributed by atoms with E-state index in [9.17, 15) is 8.42 Å². The zero-order valence-electron chi connectivity index (χ0n) is 7.20. The lowest BCUT2D eigenvalue weighted by Crippen LogP contribution is -2.02. The Morgan fingerprint density at radius 3 is 2.29 bits per heavy atom. The van der Waals surface area contributed by atoms with E-state index in [-0.39, 0.29) is 16.9 Å². The summed E-state index contributed by atoms with van der Waals surface area (Å²) in [5.74, 6) is 0. The highest BCUT2D eigenvalue weighted by molar-refractivity contribution is 7.85. The van der Waals surface area contributed by atoms with Crippen molar-refractivity contribution in [2.75, 3.05) is 6.26 Å². The predicted octanol–water partition coefficient (Wildman–Crippen LogP) is 1.86. The van der Waals surface area contributed by atoms with Crippen molar-refractivity contribution in [3.63, 3.8) is 0 Å². The van der Waals surface area contributed by atoms with E-state index in [0.29, 0.717) is 5.56 Å². The largest absolute Gasteiger partial charge is 0.265 e. The molecule has 0 fully saturated rings. The van der Waals surface area contributed by atoms with Gasteiger partial charge in [0, 0.05) is 0 Å². The lowest BCUT2D eigenvalue weighted by molar-refractivity contribution is 0.311. The Balaban J connectivity index is 2.78. The summed E-state index contributed by atoms with van der Waals surface area (Å²) in [5, 5.41) is 0.397. The van der Waals surface area contributed by atoms with Gasteiger partial charge < -0.3 is 0 Å². The minimum Gasteiger partial charge on any atom is -0.265 e. The molecule has 0 aliphatic rings. The topological polar surface area (TPSA) is 56.3 Å². The first-order valence-electron chi connectivity index (χ1n) is 3.53. The summed E-state index contributed by atoms with van der Waals surface area (Å²) in [6.07, 6.45) is 0.970. The molecule has 0 bridgehead atoms. The second-order valence-electron chi connectivity index (χ2n) is 2.59. The van der Waals surface area contributed by atoms with Gasteiger partial charge in [0.15, 0.2) is 0 Å². The third-order valence-electron chi connectivity index (χ3n) is 1.26. The fraction of sp³-hybridized carbons (Fsp3) is 0.286. The fourth-order valence-electron chi connectivity index (χ4n) is 0.773. The Labute approximate surface area is 91.9 Å². The third-order valence-corrected chi connectivity index (χ3v) is 2.20. The van der Waals surface area contributed by atoms with Crippen molar-refractivity contribution in [3.05, 3.63) is 28.0 Å². The van der Waals surface area contributed by atoms with E-state index in [1.54, 1.807) is 0 Å². The van der Waals surface area contributed by atoms with Gasteiger partial charge in [-0.15, -0.1) is 0 Å². The minimum atomic E-state index is -3.45. The van der Waals surface area contributed by atoms with Gasteiger partial charge in [-0.3, -0.25) is 4.18 Å². The van der Waals surface area contributed by atoms with E-state index >= 15 is 0 Å². The zero-order chi connectivity index (χ0) is 10.8. The van der Waals surface area contributed by atoms with Crippen LogP contribution in [0.5, 0.6) is 0 Å². The molecule has 7 heteroatoms. The van der Waals surface area contributed by atoms with E-state index < -0.39 is 10.1 Å². The highest BCUT2D eigenvalue weighted by atomic mass is 35.5. The molecule has 0 amide bonds. The molecule has 0 N–H and O–H groups in total. The van der Waals surface area contributed by atoms with Crippen molar-refractivity contribution >= 4 is 33.3 Å². The first-order valence-corrected chi connectivity index (χ1v) is 6.10. The summed E-state index contributed by atoms with van der Waals surface area (Å²) in [6.45, 7) is -0.0964. The van der Waals surface area contributed by atoms with Crippen molar-refractivity contribution in [1.82, 2.24) is 4.98 Å². The molecule has 1 heterocycles. The first-order chi connectivity index (χ1) is 6.37. The summed E-state index contributed by atoms with van der Waals surface area (Å²) >= 11 is 11.2. The molecular formula is C7H7Cl2NO3S. The monoisotopic (exact) mass is 255 g/mol. The Hall–Kier alpha value is -0.360. The predicted molar refractivity (Wildman–Crippen MR) is 53.9 cm³/mol. The first kappa shape index (κ1) is 11.7. The van der Waals surface area contributed by atoms with Gasteiger partial charge in [0.1, 0.15) is 10.3 Å². The van der Waals surface area contributed by atoms with Crippen molar-refractivity contribution in [2.45, 2.75) is 6.61 Å². The smallest absolute Gasteiger partial charge is 0.264 e. The van der Waals surface area contributed by atoms with Crippen molar-refractivity contribution in [3.8, 4) is 0 Å². The van der Waals surface area contributed by atoms with Gasteiger partial charge in [0.05, 0.1) is 12.9 Å². The van der Waals surface area contributed by atoms with Crippen LogP contribution in [0.2, 0.25) is 10.3 Å². The number of hydrogen-bond acceptors (Lipinski definition) is 4. The number of hydrogen-bond donors (Lipinski definition) is 0. The molecule has 0 spiro atoms. The Kier molecular flexibility index (Phi) is 3.71. The summed E-state index contributed by atoms with van der Waals surface area (Å²) in [4.78, 5) is 3.70. The van der Waals surface area contributed by atoms with E-state index in [1.807, 2.05) is 0 Å². The van der Waals surface area contributed by atoms with E-state index in [1.165, 1.54) is 12.1 Å². The average Bonchev–Trinajstić information content (AvgIpc) is 1.97. The number of aromatic nitrogens is 1. The van der Waals surface area contributed by atoms with Gasteiger partial charge in [0.25, 0.3) is 10.1 Å². The molecule has 14 heavy (non-hydrogen) atoms. The molecule has 1 aromatic rings. The minimum absolute atomic E-state index is 0.0964. The maximum atomic E-state index is 10.7. The lowest BCUT2D eigenvalue weighted by atomic mass is 10.3. The van der Waals surface area contributed by atoms with E-state index in [2.05, 4.69) is 9.17 Å². The Bertz CT molecular complexity index is 412. The van der Waals surface area contributed by atoms with Gasteiger partial charge in [-0.1, -0.05) is 23.2 Å². The molecule has 0 saturated carbocycles. The number of nitrogens with zero attached hydrogens (tertiary/aromatic N) is 1. The van der Waals surface area contributed by atoms with Gasteiger partial charge in [-0.25, -0.2) is 4.98 Å². The van der Waals surface area contributed by atoms with Gasteiger partial charge in [-0.05, 0) is 17.7 Å². The van der Waals surface area contributed by atoms with E-state index in [0.717, 1.165) is 6.26 Å². The molecule has 0 aliphatic carbocycles. The molecule has 1 aromatic heterocycles. The Morgan fingerprint density at radius 2 is 1.86 bits per heavy atom. The highest BCUT2D eigenvalue weighted by Crippen LogP contribution is 2.15. The van der Waals surface area contributed by atoms with Crippen molar-refractivity contribution < 1.29 is 12.6 Å². The summed E-state index contributed by atoms with van der Waals surface area (Å²) < 4.78 is 25.9. The SMILES string of the molecule is CS(=O)(=O)OCc1cc(Cl)nc(Cl)c1. The van der Waals surface area contributed by atoms with E-state index in [4.69, 9.17) is 23.2 Å². The molecule has 1 rings (SSSR count). The quantitative estimate of drug-likeness (QED) is 0.611. The molecule has 4 nitrogen and oxygen atoms in total. The summed E-state index contributed by atoms with van der Waals surface area (Å²) in [7, 11) is -3.45. The molecule has 0 saturated heterocycles. The van der Waals surface area contributed by atoms with Gasteiger partial charge in [0.2, 0.25) is 0 Å². The van der Waals surface area contributed by atoms with Crippen LogP contribution in [0.25, 0.3) is 0 Å². The van der Waals surface area contributed by atoms with Crippen molar-refractivity contribution in [2.24, 2.45) is 0 Å². The lowest BCUT2D eigenvalue weighted by Gasteiger charge is -2.02. The Morgan fingerprint density at radius 1 is 1.36 bits per heavy atom. The normalized spacial score (nSPS) is 11.6. The summed E-state index contributed by atoms with van der Waals surface area (Å²) in [6, 6.07) is 2.97. The van der Waals surface area contributed by atoms with Crippen LogP contribution in [0, 0.1) is 0 Å².